The third-order valence-corrected chi connectivity index (χ3v) is 7.06. The Morgan fingerprint density at radius 1 is 1.16 bits per heavy atom. The minimum atomic E-state index is -0.882. The molecule has 0 spiro atoms. The topological polar surface area (TPSA) is 135 Å². The molecule has 10 nitrogen and oxygen atoms in total. The van der Waals surface area contributed by atoms with E-state index in [0.29, 0.717) is 21.8 Å². The Morgan fingerprint density at radius 2 is 1.92 bits per heavy atom. The second-order valence-corrected chi connectivity index (χ2v) is 9.74. The van der Waals surface area contributed by atoms with Crippen molar-refractivity contribution < 1.29 is 14.7 Å². The predicted molar refractivity (Wildman–Crippen MR) is 143 cm³/mol. The van der Waals surface area contributed by atoms with Gasteiger partial charge in [0.1, 0.15) is 17.9 Å². The zero-order valence-electron chi connectivity index (χ0n) is 19.9. The van der Waals surface area contributed by atoms with Crippen LogP contribution in [0.25, 0.3) is 22.2 Å². The number of nitrogens with zero attached hydrogens (tertiary/aromatic N) is 4. The maximum Gasteiger partial charge on any atom is 0.263 e. The summed E-state index contributed by atoms with van der Waals surface area (Å²) in [4.78, 5) is 44.4. The van der Waals surface area contributed by atoms with Crippen LogP contribution in [0.3, 0.4) is 0 Å². The lowest BCUT2D eigenvalue weighted by Gasteiger charge is -2.14. The smallest absolute Gasteiger partial charge is 0.263 e. The minimum absolute atomic E-state index is 0.109. The summed E-state index contributed by atoms with van der Waals surface area (Å²) in [5.41, 5.74) is 8.45. The van der Waals surface area contributed by atoms with Crippen molar-refractivity contribution in [2.75, 3.05) is 23.8 Å². The van der Waals surface area contributed by atoms with Crippen LogP contribution in [0.2, 0.25) is 10.0 Å². The van der Waals surface area contributed by atoms with Gasteiger partial charge in [-0.15, -0.1) is 0 Å². The van der Waals surface area contributed by atoms with Crippen LogP contribution in [0.4, 0.5) is 11.4 Å². The number of anilines is 2. The Balaban J connectivity index is 1.55. The third-order valence-electron chi connectivity index (χ3n) is 6.46. The van der Waals surface area contributed by atoms with Gasteiger partial charge in [-0.3, -0.25) is 14.4 Å². The van der Waals surface area contributed by atoms with E-state index in [1.807, 2.05) is 19.2 Å². The predicted octanol–water partition coefficient (Wildman–Crippen LogP) is 3.14. The first-order valence-electron chi connectivity index (χ1n) is 11.3. The molecule has 0 fully saturated rings. The summed E-state index contributed by atoms with van der Waals surface area (Å²) in [6.45, 7) is 0.707. The minimum Gasteiger partial charge on any atom is -0.506 e. The molecule has 0 radical (unpaired) electrons. The molecule has 2 aromatic heterocycles. The van der Waals surface area contributed by atoms with Gasteiger partial charge in [-0.2, -0.15) is 0 Å². The van der Waals surface area contributed by atoms with E-state index in [2.05, 4.69) is 15.2 Å². The Bertz CT molecular complexity index is 1680. The molecule has 5 rings (SSSR count). The van der Waals surface area contributed by atoms with Crippen molar-refractivity contribution in [3.8, 4) is 16.9 Å². The molecule has 12 heteroatoms. The lowest BCUT2D eigenvalue weighted by atomic mass is 10.0. The van der Waals surface area contributed by atoms with E-state index in [1.54, 1.807) is 13.2 Å². The fraction of sp³-hybridized carbons (Fsp3) is 0.200. The highest BCUT2D eigenvalue weighted by Gasteiger charge is 2.22. The number of carbonyl (C=O) groups is 2. The normalized spacial score (nSPS) is 12.7. The molecule has 4 aromatic rings. The average molecular weight is 541 g/mol. The number of hydrogen-bond donors (Lipinski definition) is 3. The number of aromatic hydroxyl groups is 1. The maximum absolute atomic E-state index is 13.1. The number of nitrogens with two attached hydrogens (primary N) is 1. The van der Waals surface area contributed by atoms with Crippen molar-refractivity contribution in [1.82, 2.24) is 14.1 Å². The summed E-state index contributed by atoms with van der Waals surface area (Å²) in [6, 6.07) is 6.46. The van der Waals surface area contributed by atoms with Gasteiger partial charge in [0, 0.05) is 38.1 Å². The molecule has 0 bridgehead atoms. The fourth-order valence-corrected chi connectivity index (χ4v) is 4.98. The van der Waals surface area contributed by atoms with E-state index in [-0.39, 0.29) is 39.6 Å². The van der Waals surface area contributed by atoms with E-state index >= 15 is 0 Å². The van der Waals surface area contributed by atoms with Crippen molar-refractivity contribution in [1.29, 1.82) is 0 Å². The van der Waals surface area contributed by atoms with Gasteiger partial charge in [0.25, 0.3) is 11.5 Å². The summed E-state index contributed by atoms with van der Waals surface area (Å²) < 4.78 is 2.83. The van der Waals surface area contributed by atoms with E-state index in [4.69, 9.17) is 28.9 Å². The molecule has 1 aliphatic rings. The van der Waals surface area contributed by atoms with Crippen molar-refractivity contribution >= 4 is 57.4 Å². The molecule has 3 heterocycles. The second-order valence-electron chi connectivity index (χ2n) is 8.93. The van der Waals surface area contributed by atoms with Crippen molar-refractivity contribution in [2.24, 2.45) is 12.8 Å². The first-order valence-corrected chi connectivity index (χ1v) is 12.0. The molecule has 37 heavy (non-hydrogen) atoms. The van der Waals surface area contributed by atoms with Gasteiger partial charge in [0.2, 0.25) is 5.91 Å². The number of rotatable bonds is 5. The molecule has 0 atom stereocenters. The standard InChI is InChI=1S/C25H22Cl2N6O4/c1-31-4-3-12-7-18(16(26)8-19(12)31)30-20(34)10-33-9-15(21-24(33)29-11-32(2)25(21)37)13-5-14(23(28)36)22(35)17(27)6-13/h5-9,11,35H,3-4,10H2,1-2H3,(H2,28,36)(H,30,34). The highest BCUT2D eigenvalue weighted by molar-refractivity contribution is 6.34. The van der Waals surface area contributed by atoms with Gasteiger partial charge < -0.3 is 30.2 Å². The maximum atomic E-state index is 13.1. The van der Waals surface area contributed by atoms with Crippen LogP contribution in [0.1, 0.15) is 15.9 Å². The van der Waals surface area contributed by atoms with E-state index < -0.39 is 11.7 Å². The number of amides is 2. The molecule has 2 amide bonds. The molecule has 0 saturated carbocycles. The molecule has 0 saturated heterocycles. The number of phenols is 1. The van der Waals surface area contributed by atoms with E-state index in [9.17, 15) is 19.5 Å². The van der Waals surface area contributed by atoms with Gasteiger partial charge in [-0.1, -0.05) is 23.2 Å². The third kappa shape index (κ3) is 4.28. The van der Waals surface area contributed by atoms with Crippen molar-refractivity contribution in [3.63, 3.8) is 0 Å². The molecular formula is C25H22Cl2N6O4. The Labute approximate surface area is 220 Å². The van der Waals surface area contributed by atoms with E-state index in [0.717, 1.165) is 24.2 Å². The molecule has 4 N–H and O–H groups in total. The van der Waals surface area contributed by atoms with E-state index in [1.165, 1.54) is 27.6 Å². The van der Waals surface area contributed by atoms with Gasteiger partial charge in [-0.25, -0.2) is 4.98 Å². The summed E-state index contributed by atoms with van der Waals surface area (Å²) in [5.74, 6) is -1.71. The van der Waals surface area contributed by atoms with Crippen LogP contribution in [-0.4, -0.2) is 44.6 Å². The van der Waals surface area contributed by atoms with Crippen LogP contribution in [0, 0.1) is 0 Å². The number of nitrogens with one attached hydrogen (secondary N) is 1. The zero-order chi connectivity index (χ0) is 26.6. The largest absolute Gasteiger partial charge is 0.506 e. The summed E-state index contributed by atoms with van der Waals surface area (Å²) in [5, 5.41) is 13.5. The highest BCUT2D eigenvalue weighted by atomic mass is 35.5. The molecule has 2 aromatic carbocycles. The Morgan fingerprint density at radius 3 is 2.65 bits per heavy atom. The monoisotopic (exact) mass is 540 g/mol. The van der Waals surface area contributed by atoms with Gasteiger partial charge >= 0.3 is 0 Å². The number of benzene rings is 2. The summed E-state index contributed by atoms with van der Waals surface area (Å²) in [7, 11) is 3.54. The van der Waals surface area contributed by atoms with Crippen LogP contribution in [0.5, 0.6) is 5.75 Å². The highest BCUT2D eigenvalue weighted by Crippen LogP contribution is 2.37. The molecule has 190 valence electrons. The lowest BCUT2D eigenvalue weighted by Crippen LogP contribution is -2.20. The molecule has 0 unspecified atom stereocenters. The summed E-state index contributed by atoms with van der Waals surface area (Å²) >= 11 is 12.6. The molecule has 0 aliphatic carbocycles. The van der Waals surface area contributed by atoms with Gasteiger partial charge in [0.15, 0.2) is 0 Å². The summed E-state index contributed by atoms with van der Waals surface area (Å²) in [6.07, 6.45) is 3.79. The van der Waals surface area contributed by atoms with Crippen molar-refractivity contribution in [3.05, 3.63) is 68.3 Å². The van der Waals surface area contributed by atoms with Crippen LogP contribution in [-0.2, 0) is 24.8 Å². The number of likely N-dealkylation sites (N-methyl/N-ethyl adjacent to an activating group) is 1. The van der Waals surface area contributed by atoms with Crippen LogP contribution >= 0.6 is 23.2 Å². The fourth-order valence-electron chi connectivity index (χ4n) is 4.56. The average Bonchev–Trinajstić information content (AvgIpc) is 3.38. The second kappa shape index (κ2) is 9.13. The van der Waals surface area contributed by atoms with Crippen LogP contribution in [0.15, 0.2) is 41.6 Å². The molecule has 1 aliphatic heterocycles. The number of aryl methyl sites for hydroxylation is 1. The zero-order valence-corrected chi connectivity index (χ0v) is 21.4. The van der Waals surface area contributed by atoms with Crippen molar-refractivity contribution in [2.45, 2.75) is 13.0 Å². The van der Waals surface area contributed by atoms with Gasteiger partial charge in [-0.05, 0) is 41.8 Å². The quantitative estimate of drug-likeness (QED) is 0.355. The molecular weight excluding hydrogens is 519 g/mol. The number of hydrogen-bond acceptors (Lipinski definition) is 6. The Hall–Kier alpha value is -4.02. The number of fused-ring (bicyclic) bond motifs is 2. The number of halogens is 2. The SMILES string of the molecule is CN1CCc2cc(NC(=O)Cn3cc(-c4cc(Cl)c(O)c(C(N)=O)c4)c4c(=O)n(C)cnc43)c(Cl)cc21. The number of carbonyl (C=O) groups excluding carboxylic acids is 2. The first kappa shape index (κ1) is 24.7. The number of primary amides is 1. The first-order chi connectivity index (χ1) is 17.5. The Kier molecular flexibility index (Phi) is 6.09. The lowest BCUT2D eigenvalue weighted by molar-refractivity contribution is -0.116. The van der Waals surface area contributed by atoms with Crippen LogP contribution < -0.4 is 21.5 Å². The van der Waals surface area contributed by atoms with Gasteiger partial charge in [0.05, 0.1) is 33.0 Å². The number of aromatic nitrogens is 3.